The van der Waals surface area contributed by atoms with Crippen LogP contribution in [0.5, 0.6) is 0 Å². The molecule has 0 saturated carbocycles. The van der Waals surface area contributed by atoms with Gasteiger partial charge < -0.3 is 20.4 Å². The fourth-order valence-corrected chi connectivity index (χ4v) is 4.20. The van der Waals surface area contributed by atoms with Gasteiger partial charge in [0, 0.05) is 49.6 Å². The van der Waals surface area contributed by atoms with Crippen LogP contribution in [0.1, 0.15) is 45.4 Å². The minimum atomic E-state index is 0. The lowest BCUT2D eigenvalue weighted by Crippen LogP contribution is -2.46. The first-order valence-corrected chi connectivity index (χ1v) is 11.4. The Kier molecular flexibility index (Phi) is 12.6. The van der Waals surface area contributed by atoms with Crippen molar-refractivity contribution in [2.75, 3.05) is 58.9 Å². The van der Waals surface area contributed by atoms with Crippen molar-refractivity contribution in [2.24, 2.45) is 4.99 Å². The predicted molar refractivity (Wildman–Crippen MR) is 135 cm³/mol. The third-order valence-electron chi connectivity index (χ3n) is 5.27. The number of thiophene rings is 1. The van der Waals surface area contributed by atoms with Gasteiger partial charge in [-0.1, -0.05) is 26.8 Å². The number of guanidine groups is 1. The van der Waals surface area contributed by atoms with Crippen LogP contribution in [0.25, 0.3) is 0 Å². The van der Waals surface area contributed by atoms with E-state index in [9.17, 15) is 0 Å². The van der Waals surface area contributed by atoms with Crippen LogP contribution in [-0.2, 0) is 5.41 Å². The average Bonchev–Trinajstić information content (AvgIpc) is 3.22. The molecule has 0 radical (unpaired) electrons. The van der Waals surface area contributed by atoms with Crippen LogP contribution in [0.3, 0.4) is 0 Å². The highest BCUT2D eigenvalue weighted by molar-refractivity contribution is 14.0. The molecule has 5 nitrogen and oxygen atoms in total. The van der Waals surface area contributed by atoms with Crippen molar-refractivity contribution in [3.05, 3.63) is 22.4 Å². The molecule has 0 bridgehead atoms. The molecule has 7 heteroatoms. The van der Waals surface area contributed by atoms with Gasteiger partial charge in [0.2, 0.25) is 0 Å². The van der Waals surface area contributed by atoms with Crippen molar-refractivity contribution in [2.45, 2.75) is 46.0 Å². The van der Waals surface area contributed by atoms with Crippen molar-refractivity contribution in [1.82, 2.24) is 20.4 Å². The van der Waals surface area contributed by atoms with E-state index in [0.29, 0.717) is 0 Å². The first-order valence-electron chi connectivity index (χ1n) is 10.6. The standard InChI is InChI=1S/C21H39N5S.HI/c1-5-22-20(24-18-21(3,4)19-10-9-17-27-19)23-11-7-8-12-26-15-13-25(6-2)14-16-26;/h9-10,17H,5-8,11-16,18H2,1-4H3,(H2,22,23,24);1H. The molecule has 1 aliphatic heterocycles. The quantitative estimate of drug-likeness (QED) is 0.214. The Morgan fingerprint density at radius 2 is 1.82 bits per heavy atom. The molecule has 1 aliphatic rings. The number of aliphatic imine (C=N–C) groups is 1. The first kappa shape index (κ1) is 25.7. The SMILES string of the molecule is CCNC(=NCC(C)(C)c1cccs1)NCCCCN1CCN(CC)CC1.I. The Hall–Kier alpha value is -0.380. The van der Waals surface area contributed by atoms with Gasteiger partial charge in [-0.15, -0.1) is 35.3 Å². The van der Waals surface area contributed by atoms with Gasteiger partial charge in [0.15, 0.2) is 5.96 Å². The van der Waals surface area contributed by atoms with Crippen molar-refractivity contribution in [3.8, 4) is 0 Å². The van der Waals surface area contributed by atoms with E-state index in [2.05, 4.69) is 65.6 Å². The lowest BCUT2D eigenvalue weighted by molar-refractivity contribution is 0.136. The highest BCUT2D eigenvalue weighted by Crippen LogP contribution is 2.27. The van der Waals surface area contributed by atoms with Crippen molar-refractivity contribution in [3.63, 3.8) is 0 Å². The zero-order valence-electron chi connectivity index (χ0n) is 18.2. The van der Waals surface area contributed by atoms with Gasteiger partial charge in [-0.25, -0.2) is 0 Å². The highest BCUT2D eigenvalue weighted by Gasteiger charge is 2.21. The molecular formula is C21H40IN5S. The zero-order chi connectivity index (χ0) is 19.5. The third kappa shape index (κ3) is 8.97. The summed E-state index contributed by atoms with van der Waals surface area (Å²) in [5.41, 5.74) is 0.0805. The summed E-state index contributed by atoms with van der Waals surface area (Å²) in [6.45, 7) is 18.9. The van der Waals surface area contributed by atoms with E-state index < -0.39 is 0 Å². The monoisotopic (exact) mass is 521 g/mol. The second-order valence-electron chi connectivity index (χ2n) is 7.97. The van der Waals surface area contributed by atoms with Gasteiger partial charge in [0.25, 0.3) is 0 Å². The van der Waals surface area contributed by atoms with Gasteiger partial charge in [-0.3, -0.25) is 4.99 Å². The lowest BCUT2D eigenvalue weighted by Gasteiger charge is -2.34. The van der Waals surface area contributed by atoms with Crippen LogP contribution in [0.2, 0.25) is 0 Å². The Morgan fingerprint density at radius 3 is 2.43 bits per heavy atom. The molecule has 2 N–H and O–H groups in total. The van der Waals surface area contributed by atoms with E-state index in [-0.39, 0.29) is 29.4 Å². The van der Waals surface area contributed by atoms with E-state index >= 15 is 0 Å². The average molecular weight is 522 g/mol. The molecule has 0 atom stereocenters. The van der Waals surface area contributed by atoms with Crippen molar-refractivity contribution < 1.29 is 0 Å². The maximum atomic E-state index is 4.83. The molecule has 0 unspecified atom stereocenters. The predicted octanol–water partition coefficient (Wildman–Crippen LogP) is 3.62. The van der Waals surface area contributed by atoms with Crippen molar-refractivity contribution >= 4 is 41.3 Å². The van der Waals surface area contributed by atoms with Gasteiger partial charge in [-0.05, 0) is 44.3 Å². The summed E-state index contributed by atoms with van der Waals surface area (Å²) in [5, 5.41) is 9.03. The summed E-state index contributed by atoms with van der Waals surface area (Å²) in [6, 6.07) is 4.33. The van der Waals surface area contributed by atoms with E-state index in [4.69, 9.17) is 4.99 Å². The number of nitrogens with zero attached hydrogens (tertiary/aromatic N) is 3. The Balaban J connectivity index is 0.00000392. The minimum absolute atomic E-state index is 0. The molecule has 0 aromatic carbocycles. The molecule has 0 aliphatic carbocycles. The fourth-order valence-electron chi connectivity index (χ4n) is 3.36. The molecule has 28 heavy (non-hydrogen) atoms. The molecule has 0 spiro atoms. The number of piperazine rings is 1. The number of halogens is 1. The zero-order valence-corrected chi connectivity index (χ0v) is 21.3. The number of nitrogens with one attached hydrogen (secondary N) is 2. The molecule has 2 rings (SSSR count). The van der Waals surface area contributed by atoms with E-state index in [1.54, 1.807) is 0 Å². The van der Waals surface area contributed by atoms with Crippen molar-refractivity contribution in [1.29, 1.82) is 0 Å². The van der Waals surface area contributed by atoms with Crippen LogP contribution in [-0.4, -0.2) is 74.7 Å². The van der Waals surface area contributed by atoms with E-state index in [1.807, 2.05) is 11.3 Å². The molecule has 1 saturated heterocycles. The fraction of sp³-hybridized carbons (Fsp3) is 0.762. The third-order valence-corrected chi connectivity index (χ3v) is 6.51. The van der Waals surface area contributed by atoms with Gasteiger partial charge in [0.1, 0.15) is 0 Å². The van der Waals surface area contributed by atoms with E-state index in [0.717, 1.165) is 25.6 Å². The Morgan fingerprint density at radius 1 is 1.11 bits per heavy atom. The van der Waals surface area contributed by atoms with Crippen LogP contribution < -0.4 is 10.6 Å². The summed E-state index contributed by atoms with van der Waals surface area (Å²) in [4.78, 5) is 11.4. The lowest BCUT2D eigenvalue weighted by atomic mass is 9.92. The number of hydrogen-bond donors (Lipinski definition) is 2. The summed E-state index contributed by atoms with van der Waals surface area (Å²) in [7, 11) is 0. The number of likely N-dealkylation sites (N-methyl/N-ethyl adjacent to an activating group) is 1. The molecule has 2 heterocycles. The van der Waals surface area contributed by atoms with Crippen LogP contribution >= 0.6 is 35.3 Å². The van der Waals surface area contributed by atoms with Gasteiger partial charge in [-0.2, -0.15) is 0 Å². The smallest absolute Gasteiger partial charge is 0.191 e. The summed E-state index contributed by atoms with van der Waals surface area (Å²) >= 11 is 1.82. The second kappa shape index (κ2) is 13.8. The van der Waals surface area contributed by atoms with Crippen LogP contribution in [0.15, 0.2) is 22.5 Å². The number of rotatable bonds is 10. The molecule has 1 aromatic heterocycles. The minimum Gasteiger partial charge on any atom is -0.357 e. The van der Waals surface area contributed by atoms with Gasteiger partial charge in [0.05, 0.1) is 6.54 Å². The normalized spacial score (nSPS) is 16.6. The maximum absolute atomic E-state index is 4.83. The Labute approximate surface area is 193 Å². The summed E-state index contributed by atoms with van der Waals surface area (Å²) in [5.74, 6) is 0.943. The number of unbranched alkanes of at least 4 members (excludes halogenated alkanes) is 1. The van der Waals surface area contributed by atoms with Gasteiger partial charge >= 0.3 is 0 Å². The van der Waals surface area contributed by atoms with Crippen LogP contribution in [0, 0.1) is 0 Å². The largest absolute Gasteiger partial charge is 0.357 e. The molecular weight excluding hydrogens is 481 g/mol. The Bertz CT molecular complexity index is 539. The molecule has 1 fully saturated rings. The highest BCUT2D eigenvalue weighted by atomic mass is 127. The first-order chi connectivity index (χ1) is 13.0. The topological polar surface area (TPSA) is 42.9 Å². The van der Waals surface area contributed by atoms with Crippen LogP contribution in [0.4, 0.5) is 0 Å². The molecule has 162 valence electrons. The maximum Gasteiger partial charge on any atom is 0.191 e. The van der Waals surface area contributed by atoms with E-state index in [1.165, 1.54) is 57.0 Å². The second-order valence-corrected chi connectivity index (χ2v) is 8.91. The molecule has 0 amide bonds. The molecule has 1 aromatic rings. The summed E-state index contributed by atoms with van der Waals surface area (Å²) < 4.78 is 0. The summed E-state index contributed by atoms with van der Waals surface area (Å²) in [6.07, 6.45) is 2.44. The number of hydrogen-bond acceptors (Lipinski definition) is 4.